The van der Waals surface area contributed by atoms with Gasteiger partial charge in [0.05, 0.1) is 6.04 Å². The number of benzene rings is 2. The van der Waals surface area contributed by atoms with E-state index >= 15 is 0 Å². The van der Waals surface area contributed by atoms with E-state index in [0.717, 1.165) is 11.1 Å². The summed E-state index contributed by atoms with van der Waals surface area (Å²) >= 11 is 0. The Balaban J connectivity index is 1.65. The first-order chi connectivity index (χ1) is 14.2. The molecule has 0 aliphatic heterocycles. The molecule has 29 heavy (non-hydrogen) atoms. The number of nitrogens with zero attached hydrogens (tertiary/aromatic N) is 4. The van der Waals surface area contributed by atoms with Crippen molar-refractivity contribution in [1.82, 2.24) is 25.9 Å². The van der Waals surface area contributed by atoms with Gasteiger partial charge in [-0.25, -0.2) is 4.39 Å². The number of nitrogens with one attached hydrogen (secondary N) is 2. The summed E-state index contributed by atoms with van der Waals surface area (Å²) in [7, 11) is 0. The van der Waals surface area contributed by atoms with E-state index in [-0.39, 0.29) is 11.7 Å². The maximum absolute atomic E-state index is 12.7. The van der Waals surface area contributed by atoms with Gasteiger partial charge in [0.15, 0.2) is 5.82 Å². The lowest BCUT2D eigenvalue weighted by Crippen LogP contribution is -2.29. The van der Waals surface area contributed by atoms with E-state index in [1.54, 1.807) is 12.1 Å². The van der Waals surface area contributed by atoms with Crippen LogP contribution < -0.4 is 11.1 Å². The topological polar surface area (TPSA) is 122 Å². The minimum absolute atomic E-state index is 0.0383. The minimum atomic E-state index is -0.774. The highest BCUT2D eigenvalue weighted by Gasteiger charge is 2.19. The third-order valence-corrected chi connectivity index (χ3v) is 4.34. The van der Waals surface area contributed by atoms with Crippen LogP contribution in [0.3, 0.4) is 0 Å². The van der Waals surface area contributed by atoms with Crippen LogP contribution in [0.15, 0.2) is 59.6 Å². The maximum atomic E-state index is 12.7. The Morgan fingerprint density at radius 2 is 1.86 bits per heavy atom. The zero-order chi connectivity index (χ0) is 20.5. The number of amidine groups is 1. The first-order valence-electron chi connectivity index (χ1n) is 9.22. The van der Waals surface area contributed by atoms with E-state index in [1.807, 2.05) is 42.5 Å². The first-order valence-corrected chi connectivity index (χ1v) is 9.22. The molecule has 0 saturated carbocycles. The molecule has 0 saturated heterocycles. The van der Waals surface area contributed by atoms with Gasteiger partial charge >= 0.3 is 0 Å². The smallest absolute Gasteiger partial charge is 0.251 e. The van der Waals surface area contributed by atoms with E-state index < -0.39 is 12.7 Å². The van der Waals surface area contributed by atoms with Crippen LogP contribution in [0.25, 0.3) is 11.1 Å². The summed E-state index contributed by atoms with van der Waals surface area (Å²) in [6.07, 6.45) is 1.09. The number of aromatic nitrogens is 4. The number of carbonyl (C=O) groups excluding carboxylic acids is 1. The number of carbonyl (C=O) groups is 1. The highest BCUT2D eigenvalue weighted by atomic mass is 19.1. The average molecular weight is 395 g/mol. The Morgan fingerprint density at radius 3 is 2.52 bits per heavy atom. The van der Waals surface area contributed by atoms with Crippen molar-refractivity contribution in [3.8, 4) is 11.1 Å². The van der Waals surface area contributed by atoms with Crippen LogP contribution in [-0.2, 0) is 0 Å². The second kappa shape index (κ2) is 10.1. The van der Waals surface area contributed by atoms with Gasteiger partial charge in [-0.05, 0) is 36.1 Å². The molecule has 0 unspecified atom stereocenters. The molecule has 3 aromatic rings. The number of tetrazole rings is 1. The predicted octanol–water partition coefficient (Wildman–Crippen LogP) is 2.44. The van der Waals surface area contributed by atoms with Gasteiger partial charge in [0.25, 0.3) is 5.91 Å². The Bertz CT molecular complexity index is 927. The molecule has 2 aromatic carbocycles. The lowest BCUT2D eigenvalue weighted by Gasteiger charge is -2.15. The molecule has 0 aliphatic rings. The highest BCUT2D eigenvalue weighted by molar-refractivity contribution is 5.94. The molecular weight excluding hydrogens is 373 g/mol. The number of aliphatic imine (C=N–C) groups is 1. The van der Waals surface area contributed by atoms with Gasteiger partial charge in [-0.2, -0.15) is 5.21 Å². The highest BCUT2D eigenvalue weighted by Crippen LogP contribution is 2.20. The molecule has 150 valence electrons. The molecule has 4 N–H and O–H groups in total. The molecule has 0 bridgehead atoms. The molecule has 0 aliphatic carbocycles. The Labute approximate surface area is 167 Å². The fraction of sp³-hybridized carbons (Fsp3) is 0.250. The lowest BCUT2D eigenvalue weighted by atomic mass is 10.0. The van der Waals surface area contributed by atoms with Gasteiger partial charge in [0.2, 0.25) is 0 Å². The number of rotatable bonds is 9. The number of hydrogen-bond donors (Lipinski definition) is 3. The van der Waals surface area contributed by atoms with Crippen LogP contribution in [0, 0.1) is 0 Å². The molecule has 9 heteroatoms. The zero-order valence-electron chi connectivity index (χ0n) is 15.8. The van der Waals surface area contributed by atoms with Gasteiger partial charge < -0.3 is 11.1 Å². The van der Waals surface area contributed by atoms with Crippen molar-refractivity contribution < 1.29 is 9.18 Å². The Kier molecular flexibility index (Phi) is 6.99. The summed E-state index contributed by atoms with van der Waals surface area (Å²) in [4.78, 5) is 16.6. The molecule has 0 spiro atoms. The molecular formula is C20H22FN7O. The largest absolute Gasteiger partial charge is 0.385 e. The molecule has 1 aromatic heterocycles. The van der Waals surface area contributed by atoms with E-state index in [1.165, 1.54) is 0 Å². The number of aromatic amines is 1. The summed E-state index contributed by atoms with van der Waals surface area (Å²) in [6.45, 7) is -0.421. The van der Waals surface area contributed by atoms with Crippen LogP contribution in [0.1, 0.15) is 35.1 Å². The summed E-state index contributed by atoms with van der Waals surface area (Å²) in [5.41, 5.74) is 8.00. The fourth-order valence-electron chi connectivity index (χ4n) is 2.83. The Morgan fingerprint density at radius 1 is 1.14 bits per heavy atom. The summed E-state index contributed by atoms with van der Waals surface area (Å²) in [5, 5.41) is 16.8. The molecule has 0 radical (unpaired) electrons. The monoisotopic (exact) mass is 395 g/mol. The van der Waals surface area contributed by atoms with E-state index in [2.05, 4.69) is 30.9 Å². The second-order valence-electron chi connectivity index (χ2n) is 6.39. The first kappa shape index (κ1) is 20.1. The molecule has 8 nitrogen and oxygen atoms in total. The van der Waals surface area contributed by atoms with Crippen molar-refractivity contribution >= 4 is 11.7 Å². The lowest BCUT2D eigenvalue weighted by molar-refractivity contribution is 0.0932. The number of hydrogen-bond acceptors (Lipinski definition) is 5. The standard InChI is InChI=1S/C20H22FN7O/c21-13-18(22)23-12-4-7-17(19-25-27-28-26-19)24-20(29)16-10-8-15(9-11-16)14-5-2-1-3-6-14/h1-3,5-6,8-11,17H,4,7,12-13H2,(H2,22,23)(H,24,29)(H,25,26,27,28)/t17-/m0/s1. The average Bonchev–Trinajstić information content (AvgIpc) is 3.31. The van der Waals surface area contributed by atoms with Crippen molar-refractivity contribution in [2.45, 2.75) is 18.9 Å². The van der Waals surface area contributed by atoms with Gasteiger partial charge in [-0.15, -0.1) is 10.2 Å². The summed E-state index contributed by atoms with van der Waals surface area (Å²) in [6, 6.07) is 16.8. The van der Waals surface area contributed by atoms with Crippen molar-refractivity contribution in [3.05, 3.63) is 66.0 Å². The third-order valence-electron chi connectivity index (χ3n) is 4.34. The number of alkyl halides is 1. The van der Waals surface area contributed by atoms with Crippen molar-refractivity contribution in [1.29, 1.82) is 0 Å². The maximum Gasteiger partial charge on any atom is 0.251 e. The number of halogens is 1. The van der Waals surface area contributed by atoms with Crippen LogP contribution in [0.4, 0.5) is 4.39 Å². The van der Waals surface area contributed by atoms with Crippen LogP contribution in [0.5, 0.6) is 0 Å². The van der Waals surface area contributed by atoms with Gasteiger partial charge in [0, 0.05) is 12.1 Å². The fourth-order valence-corrected chi connectivity index (χ4v) is 2.83. The minimum Gasteiger partial charge on any atom is -0.385 e. The SMILES string of the molecule is NC(CF)=NCCC[C@H](NC(=O)c1ccc(-c2ccccc2)cc1)c1nn[nH]n1. The number of amides is 1. The van der Waals surface area contributed by atoms with Crippen molar-refractivity contribution in [2.24, 2.45) is 10.7 Å². The van der Waals surface area contributed by atoms with Crippen LogP contribution in [0.2, 0.25) is 0 Å². The van der Waals surface area contributed by atoms with E-state index in [0.29, 0.717) is 30.8 Å². The Hall–Kier alpha value is -3.62. The van der Waals surface area contributed by atoms with E-state index in [4.69, 9.17) is 5.73 Å². The van der Waals surface area contributed by atoms with Crippen LogP contribution in [-0.4, -0.2) is 45.6 Å². The third kappa shape index (κ3) is 5.68. The quantitative estimate of drug-likeness (QED) is 0.292. The molecule has 1 atom stereocenters. The molecule has 1 heterocycles. The molecule has 0 fully saturated rings. The normalized spacial score (nSPS) is 12.5. The summed E-state index contributed by atoms with van der Waals surface area (Å²) < 4.78 is 12.3. The van der Waals surface area contributed by atoms with Crippen molar-refractivity contribution in [2.75, 3.05) is 13.2 Å². The van der Waals surface area contributed by atoms with E-state index in [9.17, 15) is 9.18 Å². The number of H-pyrrole nitrogens is 1. The van der Waals surface area contributed by atoms with Gasteiger partial charge in [-0.3, -0.25) is 9.79 Å². The van der Waals surface area contributed by atoms with Gasteiger partial charge in [0.1, 0.15) is 12.5 Å². The van der Waals surface area contributed by atoms with Gasteiger partial charge in [-0.1, -0.05) is 47.7 Å². The second-order valence-corrected chi connectivity index (χ2v) is 6.39. The molecule has 1 amide bonds. The zero-order valence-corrected chi connectivity index (χ0v) is 15.8. The molecule has 3 rings (SSSR count). The number of nitrogens with two attached hydrogens (primary N) is 1. The van der Waals surface area contributed by atoms with Crippen molar-refractivity contribution in [3.63, 3.8) is 0 Å². The predicted molar refractivity (Wildman–Crippen MR) is 108 cm³/mol. The summed E-state index contributed by atoms with van der Waals surface area (Å²) in [5.74, 6) is 0.0940. The van der Waals surface area contributed by atoms with Crippen LogP contribution >= 0.6 is 0 Å².